The zero-order chi connectivity index (χ0) is 16.5. The average Bonchev–Trinajstić information content (AvgIpc) is 2.44. The monoisotopic (exact) mass is 336 g/mol. The molecule has 0 N–H and O–H groups in total. The molecule has 0 unspecified atom stereocenters. The molecule has 0 radical (unpaired) electrons. The van der Waals surface area contributed by atoms with Crippen LogP contribution in [0.3, 0.4) is 0 Å². The topological polar surface area (TPSA) is 105 Å². The maximum atomic E-state index is 11.9. The Kier molecular flexibility index (Phi) is 4.04. The van der Waals surface area contributed by atoms with Gasteiger partial charge in [0, 0.05) is 18.1 Å². The first-order chi connectivity index (χ1) is 10.1. The maximum absolute atomic E-state index is 11.9. The second-order valence-corrected chi connectivity index (χ2v) is 8.60. The second kappa shape index (κ2) is 5.51. The van der Waals surface area contributed by atoms with Crippen molar-refractivity contribution in [2.75, 3.05) is 12.5 Å². The Balaban J connectivity index is 2.98. The normalized spacial score (nSPS) is 11.9. The SMILES string of the molecule is CS(=O)(=O)c1cc(-c2ccccc2)c(C#N)c(S(C)(=O)=O)n1. The van der Waals surface area contributed by atoms with E-state index in [1.54, 1.807) is 30.3 Å². The molecule has 0 saturated heterocycles. The first-order valence-electron chi connectivity index (χ1n) is 6.05. The molecule has 2 aromatic rings. The molecule has 0 aliphatic heterocycles. The van der Waals surface area contributed by atoms with E-state index in [2.05, 4.69) is 4.98 Å². The van der Waals surface area contributed by atoms with Gasteiger partial charge in [-0.15, -0.1) is 0 Å². The van der Waals surface area contributed by atoms with E-state index in [9.17, 15) is 22.1 Å². The number of rotatable bonds is 3. The Morgan fingerprint density at radius 1 is 1.00 bits per heavy atom. The van der Waals surface area contributed by atoms with Crippen LogP contribution in [-0.2, 0) is 19.7 Å². The molecule has 0 fully saturated rings. The predicted molar refractivity (Wildman–Crippen MR) is 80.6 cm³/mol. The first-order valence-corrected chi connectivity index (χ1v) is 9.83. The van der Waals surface area contributed by atoms with Crippen LogP contribution in [0.4, 0.5) is 0 Å². The van der Waals surface area contributed by atoms with E-state index in [1.807, 2.05) is 6.07 Å². The molecule has 0 spiro atoms. The minimum Gasteiger partial charge on any atom is -0.223 e. The minimum absolute atomic E-state index is 0.166. The van der Waals surface area contributed by atoms with E-state index in [0.29, 0.717) is 5.56 Å². The molecular weight excluding hydrogens is 324 g/mol. The van der Waals surface area contributed by atoms with Gasteiger partial charge in [0.05, 0.1) is 5.56 Å². The molecule has 0 amide bonds. The number of hydrogen-bond acceptors (Lipinski definition) is 6. The van der Waals surface area contributed by atoms with Gasteiger partial charge in [-0.2, -0.15) is 5.26 Å². The van der Waals surface area contributed by atoms with Crippen LogP contribution in [0.15, 0.2) is 46.5 Å². The number of aromatic nitrogens is 1. The Hall–Kier alpha value is -2.24. The van der Waals surface area contributed by atoms with Crippen molar-refractivity contribution in [3.63, 3.8) is 0 Å². The van der Waals surface area contributed by atoms with Crippen molar-refractivity contribution >= 4 is 19.7 Å². The molecule has 0 saturated carbocycles. The fraction of sp³-hybridized carbons (Fsp3) is 0.143. The summed E-state index contributed by atoms with van der Waals surface area (Å²) in [7, 11) is -7.58. The summed E-state index contributed by atoms with van der Waals surface area (Å²) in [5, 5.41) is 8.40. The summed E-state index contributed by atoms with van der Waals surface area (Å²) in [6.45, 7) is 0. The van der Waals surface area contributed by atoms with E-state index >= 15 is 0 Å². The molecule has 0 bridgehead atoms. The van der Waals surface area contributed by atoms with Gasteiger partial charge in [0.1, 0.15) is 6.07 Å². The summed E-state index contributed by atoms with van der Waals surface area (Å²) < 4.78 is 47.2. The van der Waals surface area contributed by atoms with Crippen LogP contribution in [0.1, 0.15) is 5.56 Å². The van der Waals surface area contributed by atoms with Crippen LogP contribution in [0.25, 0.3) is 11.1 Å². The van der Waals surface area contributed by atoms with Gasteiger partial charge in [0.2, 0.25) is 0 Å². The highest BCUT2D eigenvalue weighted by Crippen LogP contribution is 2.29. The Morgan fingerprint density at radius 3 is 2.05 bits per heavy atom. The predicted octanol–water partition coefficient (Wildman–Crippen LogP) is 1.43. The molecule has 1 aromatic carbocycles. The third-order valence-corrected chi connectivity index (χ3v) is 4.86. The van der Waals surface area contributed by atoms with Crippen LogP contribution >= 0.6 is 0 Å². The van der Waals surface area contributed by atoms with Crippen molar-refractivity contribution in [2.45, 2.75) is 10.1 Å². The van der Waals surface area contributed by atoms with Crippen molar-refractivity contribution in [3.05, 3.63) is 42.0 Å². The van der Waals surface area contributed by atoms with Crippen molar-refractivity contribution in [2.24, 2.45) is 0 Å². The summed E-state index contributed by atoms with van der Waals surface area (Å²) in [4.78, 5) is 3.67. The van der Waals surface area contributed by atoms with Crippen LogP contribution in [0, 0.1) is 11.3 Å². The number of nitrogens with zero attached hydrogens (tertiary/aromatic N) is 2. The molecule has 0 aliphatic rings. The van der Waals surface area contributed by atoms with E-state index < -0.39 is 24.7 Å². The smallest absolute Gasteiger partial charge is 0.194 e. The molecule has 1 aromatic heterocycles. The molecule has 6 nitrogen and oxygen atoms in total. The van der Waals surface area contributed by atoms with Gasteiger partial charge < -0.3 is 0 Å². The molecule has 8 heteroatoms. The van der Waals surface area contributed by atoms with Gasteiger partial charge in [-0.3, -0.25) is 0 Å². The number of benzene rings is 1. The van der Waals surface area contributed by atoms with Crippen LogP contribution in [-0.4, -0.2) is 34.3 Å². The summed E-state index contributed by atoms with van der Waals surface area (Å²) in [6.07, 6.45) is 1.82. The molecule has 1 heterocycles. The highest BCUT2D eigenvalue weighted by molar-refractivity contribution is 7.91. The van der Waals surface area contributed by atoms with Crippen LogP contribution < -0.4 is 0 Å². The number of hydrogen-bond donors (Lipinski definition) is 0. The zero-order valence-corrected chi connectivity index (χ0v) is 13.4. The molecule has 0 aliphatic carbocycles. The summed E-state index contributed by atoms with van der Waals surface area (Å²) in [5.41, 5.74) is 0.594. The number of nitriles is 1. The number of pyridine rings is 1. The van der Waals surface area contributed by atoms with Crippen LogP contribution in [0.5, 0.6) is 0 Å². The summed E-state index contributed by atoms with van der Waals surface area (Å²) in [5.74, 6) is 0. The van der Waals surface area contributed by atoms with Gasteiger partial charge in [-0.1, -0.05) is 30.3 Å². The van der Waals surface area contributed by atoms with Gasteiger partial charge >= 0.3 is 0 Å². The van der Waals surface area contributed by atoms with Gasteiger partial charge in [0.25, 0.3) is 0 Å². The van der Waals surface area contributed by atoms with Crippen molar-refractivity contribution < 1.29 is 16.8 Å². The minimum atomic E-state index is -3.86. The molecule has 2 rings (SSSR count). The lowest BCUT2D eigenvalue weighted by Gasteiger charge is -2.10. The molecule has 22 heavy (non-hydrogen) atoms. The lowest BCUT2D eigenvalue weighted by Crippen LogP contribution is -2.10. The standard InChI is InChI=1S/C14H12N2O4S2/c1-21(17,18)13-8-11(10-6-4-3-5-7-10)12(9-15)14(16-13)22(2,19)20/h3-8H,1-2H3. The fourth-order valence-electron chi connectivity index (χ4n) is 1.91. The Labute approximate surface area is 128 Å². The maximum Gasteiger partial charge on any atom is 0.194 e. The molecule has 114 valence electrons. The van der Waals surface area contributed by atoms with Crippen molar-refractivity contribution in [3.8, 4) is 17.2 Å². The first kappa shape index (κ1) is 16.1. The zero-order valence-electron chi connectivity index (χ0n) is 11.8. The highest BCUT2D eigenvalue weighted by Gasteiger charge is 2.24. The van der Waals surface area contributed by atoms with Crippen LogP contribution in [0.2, 0.25) is 0 Å². The van der Waals surface area contributed by atoms with E-state index in [0.717, 1.165) is 12.5 Å². The third kappa shape index (κ3) is 3.16. The van der Waals surface area contributed by atoms with Gasteiger partial charge in [-0.05, 0) is 11.6 Å². The summed E-state index contributed by atoms with van der Waals surface area (Å²) in [6, 6.07) is 11.5. The number of sulfone groups is 2. The van der Waals surface area contributed by atoms with E-state index in [4.69, 9.17) is 0 Å². The third-order valence-electron chi connectivity index (χ3n) is 2.89. The lowest BCUT2D eigenvalue weighted by molar-refractivity contribution is 0.591. The van der Waals surface area contributed by atoms with E-state index in [-0.39, 0.29) is 16.2 Å². The molecule has 0 atom stereocenters. The Bertz CT molecular complexity index is 973. The average molecular weight is 336 g/mol. The fourth-order valence-corrected chi connectivity index (χ4v) is 3.35. The van der Waals surface area contributed by atoms with Crippen molar-refractivity contribution in [1.29, 1.82) is 5.26 Å². The van der Waals surface area contributed by atoms with Crippen molar-refractivity contribution in [1.82, 2.24) is 4.98 Å². The van der Waals surface area contributed by atoms with Gasteiger partial charge in [-0.25, -0.2) is 21.8 Å². The summed E-state index contributed by atoms with van der Waals surface area (Å²) >= 11 is 0. The highest BCUT2D eigenvalue weighted by atomic mass is 32.2. The van der Waals surface area contributed by atoms with Gasteiger partial charge in [0.15, 0.2) is 29.7 Å². The lowest BCUT2D eigenvalue weighted by atomic mass is 10.0. The second-order valence-electron chi connectivity index (χ2n) is 4.71. The Morgan fingerprint density at radius 2 is 1.59 bits per heavy atom. The largest absolute Gasteiger partial charge is 0.223 e. The van der Waals surface area contributed by atoms with E-state index in [1.165, 1.54) is 6.07 Å². The quantitative estimate of drug-likeness (QED) is 0.839. The molecular formula is C14H12N2O4S2.